The van der Waals surface area contributed by atoms with Crippen molar-refractivity contribution in [3.63, 3.8) is 0 Å². The zero-order valence-corrected chi connectivity index (χ0v) is 13.9. The molecule has 0 amide bonds. The summed E-state index contributed by atoms with van der Waals surface area (Å²) in [6.07, 6.45) is 5.26. The monoisotopic (exact) mass is 295 g/mol. The van der Waals surface area contributed by atoms with Gasteiger partial charge in [-0.3, -0.25) is 9.80 Å². The lowest BCUT2D eigenvalue weighted by Gasteiger charge is -2.44. The molecule has 4 nitrogen and oxygen atoms in total. The first kappa shape index (κ1) is 15.7. The lowest BCUT2D eigenvalue weighted by atomic mass is 9.96. The van der Waals surface area contributed by atoms with E-state index < -0.39 is 0 Å². The molecule has 0 aromatic heterocycles. The Morgan fingerprint density at radius 1 is 1.29 bits per heavy atom. The largest absolute Gasteiger partial charge is 0.381 e. The van der Waals surface area contributed by atoms with Crippen molar-refractivity contribution in [2.24, 2.45) is 5.92 Å². The van der Waals surface area contributed by atoms with Crippen molar-refractivity contribution in [3.05, 3.63) is 0 Å². The standard InChI is InChI=1S/C17H33N3O/c1-3-7-18-17(15-6-9-21-13-15)12-20-11-16-5-4-8-19(16)10-14(20)2/h14-18H,3-13H2,1-2H3. The Hall–Kier alpha value is -0.160. The third kappa shape index (κ3) is 3.79. The van der Waals surface area contributed by atoms with Crippen LogP contribution in [0.3, 0.4) is 0 Å². The summed E-state index contributed by atoms with van der Waals surface area (Å²) in [5, 5.41) is 3.80. The van der Waals surface area contributed by atoms with Crippen LogP contribution >= 0.6 is 0 Å². The summed E-state index contributed by atoms with van der Waals surface area (Å²) in [7, 11) is 0. The summed E-state index contributed by atoms with van der Waals surface area (Å²) in [5.41, 5.74) is 0. The van der Waals surface area contributed by atoms with E-state index in [1.54, 1.807) is 0 Å². The Morgan fingerprint density at radius 2 is 2.19 bits per heavy atom. The second-order valence-corrected chi connectivity index (χ2v) is 7.28. The van der Waals surface area contributed by atoms with Gasteiger partial charge in [-0.05, 0) is 45.7 Å². The highest BCUT2D eigenvalue weighted by molar-refractivity contribution is 4.93. The van der Waals surface area contributed by atoms with E-state index in [-0.39, 0.29) is 0 Å². The number of ether oxygens (including phenoxy) is 1. The first-order valence-corrected chi connectivity index (χ1v) is 9.07. The van der Waals surface area contributed by atoms with E-state index in [4.69, 9.17) is 4.74 Å². The van der Waals surface area contributed by atoms with Crippen LogP contribution in [0, 0.1) is 5.92 Å². The second kappa shape index (κ2) is 7.40. The van der Waals surface area contributed by atoms with Gasteiger partial charge in [-0.15, -0.1) is 0 Å². The van der Waals surface area contributed by atoms with Crippen LogP contribution in [0.15, 0.2) is 0 Å². The molecule has 0 aromatic rings. The molecule has 4 unspecified atom stereocenters. The minimum Gasteiger partial charge on any atom is -0.381 e. The summed E-state index contributed by atoms with van der Waals surface area (Å²) in [5.74, 6) is 0.713. The highest BCUT2D eigenvalue weighted by Gasteiger charge is 2.36. The average molecular weight is 295 g/mol. The molecule has 3 fully saturated rings. The van der Waals surface area contributed by atoms with Crippen LogP contribution < -0.4 is 5.32 Å². The quantitative estimate of drug-likeness (QED) is 0.805. The van der Waals surface area contributed by atoms with E-state index in [0.29, 0.717) is 18.0 Å². The first-order valence-electron chi connectivity index (χ1n) is 9.07. The summed E-state index contributed by atoms with van der Waals surface area (Å²) in [6.45, 7) is 12.8. The van der Waals surface area contributed by atoms with Crippen molar-refractivity contribution in [1.29, 1.82) is 0 Å². The van der Waals surface area contributed by atoms with E-state index in [9.17, 15) is 0 Å². The molecule has 3 heterocycles. The Balaban J connectivity index is 1.58. The molecular weight excluding hydrogens is 262 g/mol. The normalized spacial score (nSPS) is 36.0. The van der Waals surface area contributed by atoms with E-state index in [1.807, 2.05) is 0 Å². The number of nitrogens with zero attached hydrogens (tertiary/aromatic N) is 2. The van der Waals surface area contributed by atoms with Gasteiger partial charge in [-0.25, -0.2) is 0 Å². The zero-order valence-electron chi connectivity index (χ0n) is 13.9. The molecule has 3 saturated heterocycles. The van der Waals surface area contributed by atoms with E-state index in [1.165, 1.54) is 51.9 Å². The van der Waals surface area contributed by atoms with Crippen molar-refractivity contribution in [2.45, 2.75) is 57.7 Å². The maximum atomic E-state index is 5.64. The molecule has 4 heteroatoms. The van der Waals surface area contributed by atoms with Gasteiger partial charge in [0.1, 0.15) is 0 Å². The van der Waals surface area contributed by atoms with Gasteiger partial charge in [0.2, 0.25) is 0 Å². The lowest BCUT2D eigenvalue weighted by Crippen LogP contribution is -2.58. The molecule has 3 rings (SSSR count). The molecule has 4 atom stereocenters. The molecular formula is C17H33N3O. The highest BCUT2D eigenvalue weighted by atomic mass is 16.5. The Bertz CT molecular complexity index is 319. The van der Waals surface area contributed by atoms with Gasteiger partial charge in [-0.1, -0.05) is 6.92 Å². The fraction of sp³-hybridized carbons (Fsp3) is 1.00. The number of hydrogen-bond donors (Lipinski definition) is 1. The smallest absolute Gasteiger partial charge is 0.0510 e. The first-order chi connectivity index (χ1) is 10.3. The van der Waals surface area contributed by atoms with Crippen LogP contribution in [0.25, 0.3) is 0 Å². The zero-order chi connectivity index (χ0) is 14.7. The van der Waals surface area contributed by atoms with Crippen LogP contribution in [0.2, 0.25) is 0 Å². The number of nitrogens with one attached hydrogen (secondary N) is 1. The maximum absolute atomic E-state index is 5.64. The molecule has 0 spiro atoms. The van der Waals surface area contributed by atoms with Gasteiger partial charge in [0.25, 0.3) is 0 Å². The van der Waals surface area contributed by atoms with Crippen molar-refractivity contribution in [1.82, 2.24) is 15.1 Å². The third-order valence-corrected chi connectivity index (χ3v) is 5.69. The summed E-state index contributed by atoms with van der Waals surface area (Å²) < 4.78 is 5.64. The molecule has 0 bridgehead atoms. The molecule has 3 aliphatic heterocycles. The van der Waals surface area contributed by atoms with Gasteiger partial charge in [-0.2, -0.15) is 0 Å². The van der Waals surface area contributed by atoms with Crippen LogP contribution in [0.1, 0.15) is 39.5 Å². The minimum atomic E-state index is 0.614. The molecule has 3 aliphatic rings. The molecule has 0 radical (unpaired) electrons. The van der Waals surface area contributed by atoms with Crippen molar-refractivity contribution < 1.29 is 4.74 Å². The van der Waals surface area contributed by atoms with E-state index in [2.05, 4.69) is 29.0 Å². The molecule has 122 valence electrons. The van der Waals surface area contributed by atoms with Crippen LogP contribution in [0.5, 0.6) is 0 Å². The number of fused-ring (bicyclic) bond motifs is 1. The van der Waals surface area contributed by atoms with Crippen LogP contribution in [-0.4, -0.2) is 73.9 Å². The minimum absolute atomic E-state index is 0.614. The fourth-order valence-electron chi connectivity index (χ4n) is 4.34. The van der Waals surface area contributed by atoms with Crippen LogP contribution in [0.4, 0.5) is 0 Å². The number of rotatable bonds is 6. The number of piperazine rings is 1. The van der Waals surface area contributed by atoms with Gasteiger partial charge < -0.3 is 10.1 Å². The van der Waals surface area contributed by atoms with Gasteiger partial charge in [0.15, 0.2) is 0 Å². The molecule has 0 aromatic carbocycles. The summed E-state index contributed by atoms with van der Waals surface area (Å²) in [4.78, 5) is 5.46. The third-order valence-electron chi connectivity index (χ3n) is 5.69. The van der Waals surface area contributed by atoms with E-state index >= 15 is 0 Å². The predicted octanol–water partition coefficient (Wildman–Crippen LogP) is 1.56. The summed E-state index contributed by atoms with van der Waals surface area (Å²) in [6, 6.07) is 2.14. The lowest BCUT2D eigenvalue weighted by molar-refractivity contribution is 0.0456. The maximum Gasteiger partial charge on any atom is 0.0510 e. The van der Waals surface area contributed by atoms with Crippen molar-refractivity contribution in [2.75, 3.05) is 45.9 Å². The van der Waals surface area contributed by atoms with Gasteiger partial charge in [0.05, 0.1) is 6.61 Å². The fourth-order valence-corrected chi connectivity index (χ4v) is 4.34. The summed E-state index contributed by atoms with van der Waals surface area (Å²) >= 11 is 0. The topological polar surface area (TPSA) is 27.7 Å². The van der Waals surface area contributed by atoms with Crippen LogP contribution in [-0.2, 0) is 4.74 Å². The Morgan fingerprint density at radius 3 is 2.95 bits per heavy atom. The SMILES string of the molecule is CCCNC(CN1CC2CCCN2CC1C)C1CCOC1. The van der Waals surface area contributed by atoms with Gasteiger partial charge >= 0.3 is 0 Å². The molecule has 21 heavy (non-hydrogen) atoms. The molecule has 0 aliphatic carbocycles. The van der Waals surface area contributed by atoms with Gasteiger partial charge in [0, 0.05) is 50.3 Å². The Kier molecular flexibility index (Phi) is 5.54. The molecule has 0 saturated carbocycles. The van der Waals surface area contributed by atoms with Crippen molar-refractivity contribution >= 4 is 0 Å². The Labute approximate surface area is 130 Å². The van der Waals surface area contributed by atoms with E-state index in [0.717, 1.165) is 25.8 Å². The predicted molar refractivity (Wildman–Crippen MR) is 86.6 cm³/mol. The average Bonchev–Trinajstić information content (AvgIpc) is 3.14. The second-order valence-electron chi connectivity index (χ2n) is 7.28. The molecule has 1 N–H and O–H groups in total. The van der Waals surface area contributed by atoms with Crippen molar-refractivity contribution in [3.8, 4) is 0 Å². The highest BCUT2D eigenvalue weighted by Crippen LogP contribution is 2.26. The number of hydrogen-bond acceptors (Lipinski definition) is 4.